The van der Waals surface area contributed by atoms with Gasteiger partial charge in [-0.05, 0) is 24.6 Å². The third kappa shape index (κ3) is 3.64. The van der Waals surface area contributed by atoms with Gasteiger partial charge in [0.1, 0.15) is 18.1 Å². The average Bonchev–Trinajstić information content (AvgIpc) is 2.31. The second-order valence-electron chi connectivity index (χ2n) is 3.12. The van der Waals surface area contributed by atoms with E-state index in [1.807, 2.05) is 37.3 Å². The molecule has 0 aliphatic carbocycles. The Morgan fingerprint density at radius 2 is 2.13 bits per heavy atom. The molecular weight excluding hydrogens is 190 g/mol. The van der Waals surface area contributed by atoms with E-state index in [9.17, 15) is 0 Å². The largest absolute Gasteiger partial charge is 0.497 e. The van der Waals surface area contributed by atoms with E-state index in [4.69, 9.17) is 15.2 Å². The first kappa shape index (κ1) is 11.6. The minimum Gasteiger partial charge on any atom is -0.497 e. The number of benzene rings is 1. The minimum absolute atomic E-state index is 0.528. The Kier molecular flexibility index (Phi) is 4.71. The van der Waals surface area contributed by atoms with Gasteiger partial charge in [-0.1, -0.05) is 12.1 Å². The molecule has 0 aliphatic heterocycles. The standard InChI is InChI=1S/C12H17NO2/c1-3-10(8-13)9-15-12-6-4-5-11(7-12)14-2/h3-7H,8-9,13H2,1-2H3/b10-3+. The zero-order chi connectivity index (χ0) is 11.1. The molecule has 1 aromatic carbocycles. The Morgan fingerprint density at radius 3 is 2.73 bits per heavy atom. The minimum atomic E-state index is 0.528. The first-order valence-electron chi connectivity index (χ1n) is 4.91. The van der Waals surface area contributed by atoms with Gasteiger partial charge in [0.2, 0.25) is 0 Å². The summed E-state index contributed by atoms with van der Waals surface area (Å²) in [5, 5.41) is 0. The molecule has 0 fully saturated rings. The molecule has 2 N–H and O–H groups in total. The summed E-state index contributed by atoms with van der Waals surface area (Å²) in [4.78, 5) is 0. The fraction of sp³-hybridized carbons (Fsp3) is 0.333. The molecule has 0 amide bonds. The summed E-state index contributed by atoms with van der Waals surface area (Å²) in [6.07, 6.45) is 1.97. The highest BCUT2D eigenvalue weighted by Gasteiger charge is 1.98. The van der Waals surface area contributed by atoms with Crippen molar-refractivity contribution in [1.82, 2.24) is 0 Å². The Bertz CT molecular complexity index is 334. The first-order chi connectivity index (χ1) is 7.30. The third-order valence-corrected chi connectivity index (χ3v) is 2.14. The van der Waals surface area contributed by atoms with Gasteiger partial charge in [-0.3, -0.25) is 0 Å². The fourth-order valence-electron chi connectivity index (χ4n) is 1.13. The number of methoxy groups -OCH3 is 1. The van der Waals surface area contributed by atoms with Crippen LogP contribution >= 0.6 is 0 Å². The van der Waals surface area contributed by atoms with Gasteiger partial charge in [-0.25, -0.2) is 0 Å². The molecule has 0 heterocycles. The van der Waals surface area contributed by atoms with Gasteiger partial charge in [-0.2, -0.15) is 0 Å². The number of nitrogens with two attached hydrogens (primary N) is 1. The van der Waals surface area contributed by atoms with Crippen LogP contribution in [0.5, 0.6) is 11.5 Å². The molecule has 0 saturated carbocycles. The van der Waals surface area contributed by atoms with Crippen LogP contribution in [0.3, 0.4) is 0 Å². The number of rotatable bonds is 5. The van der Waals surface area contributed by atoms with Gasteiger partial charge in [0, 0.05) is 12.6 Å². The van der Waals surface area contributed by atoms with Crippen LogP contribution < -0.4 is 15.2 Å². The Balaban J connectivity index is 2.57. The van der Waals surface area contributed by atoms with Gasteiger partial charge < -0.3 is 15.2 Å². The predicted molar refractivity (Wildman–Crippen MR) is 61.3 cm³/mol. The van der Waals surface area contributed by atoms with E-state index in [1.54, 1.807) is 7.11 Å². The zero-order valence-electron chi connectivity index (χ0n) is 9.19. The number of ether oxygens (including phenoxy) is 2. The SMILES string of the molecule is C/C=C(\CN)COc1cccc(OC)c1. The lowest BCUT2D eigenvalue weighted by molar-refractivity contribution is 0.345. The summed E-state index contributed by atoms with van der Waals surface area (Å²) in [5.41, 5.74) is 6.61. The van der Waals surface area contributed by atoms with Crippen LogP contribution in [0.4, 0.5) is 0 Å². The van der Waals surface area contributed by atoms with Gasteiger partial charge in [0.05, 0.1) is 7.11 Å². The molecule has 0 aliphatic rings. The van der Waals surface area contributed by atoms with Crippen LogP contribution in [0.1, 0.15) is 6.92 Å². The van der Waals surface area contributed by atoms with Crippen LogP contribution in [0.2, 0.25) is 0 Å². The van der Waals surface area contributed by atoms with Gasteiger partial charge in [-0.15, -0.1) is 0 Å². The molecule has 15 heavy (non-hydrogen) atoms. The van der Waals surface area contributed by atoms with E-state index >= 15 is 0 Å². The number of allylic oxidation sites excluding steroid dienone is 1. The second kappa shape index (κ2) is 6.09. The Labute approximate surface area is 90.5 Å². The van der Waals surface area contributed by atoms with E-state index in [0.717, 1.165) is 17.1 Å². The van der Waals surface area contributed by atoms with E-state index in [2.05, 4.69) is 0 Å². The van der Waals surface area contributed by atoms with Crippen LogP contribution in [-0.2, 0) is 0 Å². The van der Waals surface area contributed by atoms with Crippen molar-refractivity contribution in [3.8, 4) is 11.5 Å². The molecule has 3 nitrogen and oxygen atoms in total. The van der Waals surface area contributed by atoms with Crippen LogP contribution in [0.15, 0.2) is 35.9 Å². The monoisotopic (exact) mass is 207 g/mol. The zero-order valence-corrected chi connectivity index (χ0v) is 9.19. The summed E-state index contributed by atoms with van der Waals surface area (Å²) in [5.74, 6) is 1.59. The molecule has 1 rings (SSSR count). The van der Waals surface area contributed by atoms with Gasteiger partial charge >= 0.3 is 0 Å². The number of hydrogen-bond acceptors (Lipinski definition) is 3. The smallest absolute Gasteiger partial charge is 0.123 e. The van der Waals surface area contributed by atoms with Crippen molar-refractivity contribution in [2.24, 2.45) is 5.73 Å². The maximum atomic E-state index is 5.56. The molecule has 1 aromatic rings. The molecule has 0 atom stereocenters. The lowest BCUT2D eigenvalue weighted by Crippen LogP contribution is -2.10. The highest BCUT2D eigenvalue weighted by Crippen LogP contribution is 2.19. The molecular formula is C12H17NO2. The molecule has 0 aromatic heterocycles. The fourth-order valence-corrected chi connectivity index (χ4v) is 1.13. The molecule has 82 valence electrons. The summed E-state index contributed by atoms with van der Waals surface area (Å²) in [6.45, 7) is 3.01. The van der Waals surface area contributed by atoms with Crippen LogP contribution in [0.25, 0.3) is 0 Å². The molecule has 0 saturated heterocycles. The van der Waals surface area contributed by atoms with Crippen molar-refractivity contribution in [2.75, 3.05) is 20.3 Å². The maximum absolute atomic E-state index is 5.56. The van der Waals surface area contributed by atoms with Crippen molar-refractivity contribution in [3.05, 3.63) is 35.9 Å². The predicted octanol–water partition coefficient (Wildman–Crippen LogP) is 1.98. The highest BCUT2D eigenvalue weighted by molar-refractivity contribution is 5.33. The van der Waals surface area contributed by atoms with Crippen molar-refractivity contribution in [3.63, 3.8) is 0 Å². The van der Waals surface area contributed by atoms with E-state index in [1.165, 1.54) is 0 Å². The second-order valence-corrected chi connectivity index (χ2v) is 3.12. The molecule has 0 bridgehead atoms. The van der Waals surface area contributed by atoms with Gasteiger partial charge in [0.15, 0.2) is 0 Å². The quantitative estimate of drug-likeness (QED) is 0.751. The normalized spacial score (nSPS) is 11.3. The Hall–Kier alpha value is -1.48. The third-order valence-electron chi connectivity index (χ3n) is 2.14. The molecule has 0 spiro atoms. The first-order valence-corrected chi connectivity index (χ1v) is 4.91. The summed E-state index contributed by atoms with van der Waals surface area (Å²) < 4.78 is 10.7. The van der Waals surface area contributed by atoms with Gasteiger partial charge in [0.25, 0.3) is 0 Å². The van der Waals surface area contributed by atoms with E-state index in [-0.39, 0.29) is 0 Å². The summed E-state index contributed by atoms with van der Waals surface area (Å²) >= 11 is 0. The van der Waals surface area contributed by atoms with Crippen molar-refractivity contribution in [2.45, 2.75) is 6.92 Å². The summed E-state index contributed by atoms with van der Waals surface area (Å²) in [6, 6.07) is 7.52. The van der Waals surface area contributed by atoms with Crippen molar-refractivity contribution in [1.29, 1.82) is 0 Å². The summed E-state index contributed by atoms with van der Waals surface area (Å²) in [7, 11) is 1.64. The molecule has 3 heteroatoms. The Morgan fingerprint density at radius 1 is 1.40 bits per heavy atom. The molecule has 0 radical (unpaired) electrons. The van der Waals surface area contributed by atoms with Crippen LogP contribution in [0, 0.1) is 0 Å². The highest BCUT2D eigenvalue weighted by atomic mass is 16.5. The maximum Gasteiger partial charge on any atom is 0.123 e. The van der Waals surface area contributed by atoms with E-state index in [0.29, 0.717) is 13.2 Å². The average molecular weight is 207 g/mol. The van der Waals surface area contributed by atoms with Crippen molar-refractivity contribution < 1.29 is 9.47 Å². The van der Waals surface area contributed by atoms with E-state index < -0.39 is 0 Å². The number of hydrogen-bond donors (Lipinski definition) is 1. The topological polar surface area (TPSA) is 44.5 Å². The van der Waals surface area contributed by atoms with Crippen molar-refractivity contribution >= 4 is 0 Å². The lowest BCUT2D eigenvalue weighted by atomic mass is 10.3. The van der Waals surface area contributed by atoms with Crippen LogP contribution in [-0.4, -0.2) is 20.3 Å². The molecule has 0 unspecified atom stereocenters. The lowest BCUT2D eigenvalue weighted by Gasteiger charge is -2.08.